The molecule has 0 bridgehead atoms. The van der Waals surface area contributed by atoms with Gasteiger partial charge in [0.05, 0.1) is 6.54 Å². The van der Waals surface area contributed by atoms with Gasteiger partial charge in [-0.05, 0) is 4.53 Å². The Kier molecular flexibility index (Phi) is 9.00. The lowest BCUT2D eigenvalue weighted by molar-refractivity contribution is -0.458. The number of halogens is 18. The van der Waals surface area contributed by atoms with E-state index in [0.29, 0.717) is 0 Å². The predicted octanol–water partition coefficient (Wildman–Crippen LogP) is 5.20. The van der Waals surface area contributed by atoms with E-state index in [9.17, 15) is 92.3 Å². The molecule has 0 aliphatic carbocycles. The van der Waals surface area contributed by atoms with Crippen molar-refractivity contribution in [1.29, 1.82) is 0 Å². The van der Waals surface area contributed by atoms with Gasteiger partial charge in [0.2, 0.25) is 0 Å². The van der Waals surface area contributed by atoms with E-state index in [2.05, 4.69) is 11.3 Å². The second-order valence-electron chi connectivity index (χ2n) is 6.35. The lowest BCUT2D eigenvalue weighted by atomic mass is 9.91. The van der Waals surface area contributed by atoms with Crippen molar-refractivity contribution in [2.45, 2.75) is 47.0 Å². The van der Waals surface area contributed by atoms with Crippen LogP contribution < -0.4 is 0 Å². The zero-order valence-electron chi connectivity index (χ0n) is 16.5. The van der Waals surface area contributed by atoms with Crippen LogP contribution in [0.15, 0.2) is 12.7 Å². The Hall–Kier alpha value is -2.14. The summed E-state index contributed by atoms with van der Waals surface area (Å²) in [6, 6.07) is 0. The number of alkyl halides is 17. The average Bonchev–Trinajstić information content (AvgIpc) is 2.71. The van der Waals surface area contributed by atoms with E-state index in [4.69, 9.17) is 0 Å². The van der Waals surface area contributed by atoms with Gasteiger partial charge in [0.15, 0.2) is 0 Å². The fourth-order valence-electron chi connectivity index (χ4n) is 1.83. The van der Waals surface area contributed by atoms with Crippen molar-refractivity contribution in [2.75, 3.05) is 13.2 Å². The van der Waals surface area contributed by atoms with E-state index >= 15 is 0 Å². The third-order valence-corrected chi connectivity index (χ3v) is 5.56. The Balaban J connectivity index is 6.71. The first-order valence-corrected chi connectivity index (χ1v) is 9.50. The highest BCUT2D eigenvalue weighted by molar-refractivity contribution is 7.90. The minimum absolute atomic E-state index is 0.251. The molecule has 0 N–H and O–H groups in total. The summed E-state index contributed by atoms with van der Waals surface area (Å²) in [7, 11) is -8.08. The van der Waals surface area contributed by atoms with Crippen LogP contribution in [0.5, 0.6) is 0 Å². The lowest BCUT2D eigenvalue weighted by Gasteiger charge is -2.42. The second kappa shape index (κ2) is 9.55. The molecule has 24 heteroatoms. The van der Waals surface area contributed by atoms with Crippen LogP contribution in [0, 0.1) is 0 Å². The number of rotatable bonds is 12. The molecule has 220 valence electrons. The molecule has 0 fully saturated rings. The first-order chi connectivity index (χ1) is 15.9. The number of hydrogen-bond acceptors (Lipinski definition) is 4. The average molecular weight is 615 g/mol. The highest BCUT2D eigenvalue weighted by Crippen LogP contribution is 2.64. The minimum Gasteiger partial charge on any atom is -0.461 e. The van der Waals surface area contributed by atoms with Gasteiger partial charge in [-0.25, -0.2) is 13.2 Å². The van der Waals surface area contributed by atoms with E-state index in [1.165, 1.54) is 0 Å². The van der Waals surface area contributed by atoms with Gasteiger partial charge in [0.25, 0.3) is 0 Å². The largest absolute Gasteiger partial charge is 0.461 e. The van der Waals surface area contributed by atoms with E-state index in [1.54, 1.807) is 0 Å². The minimum atomic E-state index is -9.03. The van der Waals surface area contributed by atoms with Gasteiger partial charge in [0, 0.05) is 6.08 Å². The number of ether oxygens (including phenoxy) is 1. The van der Waals surface area contributed by atoms with Crippen LogP contribution in [0.1, 0.15) is 0 Å². The van der Waals surface area contributed by atoms with Crippen molar-refractivity contribution < 1.29 is 97.1 Å². The summed E-state index contributed by atoms with van der Waals surface area (Å²) in [6.07, 6.45) is -7.70. The highest BCUT2D eigenvalue weighted by atomic mass is 32.2. The zero-order valence-corrected chi connectivity index (χ0v) is 17.3. The van der Waals surface area contributed by atoms with Gasteiger partial charge < -0.3 is 4.74 Å². The van der Waals surface area contributed by atoms with Gasteiger partial charge >= 0.3 is 63.0 Å². The predicted molar refractivity (Wildman–Crippen MR) is 78.6 cm³/mol. The molecule has 0 saturated heterocycles. The van der Waals surface area contributed by atoms with Crippen LogP contribution in [-0.2, 0) is 19.6 Å². The summed E-state index contributed by atoms with van der Waals surface area (Å²) in [4.78, 5) is 10.6. The van der Waals surface area contributed by atoms with Crippen LogP contribution in [-0.4, -0.2) is 79.0 Å². The molecule has 0 heterocycles. The topological polar surface area (TPSA) is 63.7 Å². The molecule has 0 aromatic carbocycles. The molecule has 0 aliphatic heterocycles. The Bertz CT molecular complexity index is 973. The van der Waals surface area contributed by atoms with Gasteiger partial charge in [-0.2, -0.15) is 74.6 Å². The molecule has 0 atom stereocenters. The van der Waals surface area contributed by atoms with E-state index < -0.39 is 80.6 Å². The fraction of sp³-hybridized carbons (Fsp3) is 0.769. The third kappa shape index (κ3) is 4.89. The SMILES string of the molecule is C=CC(=O)OCCN(F)S(=O)(=O)C(F)(F)C(F)(F)C(F)(F)C(F)(F)C(F)(F)C(F)(F)C(F)(F)C(F)(F)F. The van der Waals surface area contributed by atoms with Crippen molar-refractivity contribution in [3.63, 3.8) is 0 Å². The molecule has 0 rings (SSSR count). The molecule has 0 saturated carbocycles. The quantitative estimate of drug-likeness (QED) is 0.131. The van der Waals surface area contributed by atoms with Crippen molar-refractivity contribution in [3.05, 3.63) is 12.7 Å². The van der Waals surface area contributed by atoms with E-state index in [-0.39, 0.29) is 6.08 Å². The molecule has 0 amide bonds. The van der Waals surface area contributed by atoms with Gasteiger partial charge in [0.1, 0.15) is 6.61 Å². The number of sulfonamides is 1. The fourth-order valence-corrected chi connectivity index (χ4v) is 2.85. The summed E-state index contributed by atoms with van der Waals surface area (Å²) in [5.41, 5.74) is 0. The third-order valence-electron chi connectivity index (χ3n) is 3.96. The highest BCUT2D eigenvalue weighted by Gasteiger charge is 2.96. The molecule has 0 spiro atoms. The van der Waals surface area contributed by atoms with Gasteiger partial charge in [-0.1, -0.05) is 6.58 Å². The maximum absolute atomic E-state index is 13.7. The maximum atomic E-state index is 13.7. The van der Waals surface area contributed by atoms with Gasteiger partial charge in [-0.3, -0.25) is 0 Å². The van der Waals surface area contributed by atoms with Crippen LogP contribution in [0.3, 0.4) is 0 Å². The lowest BCUT2D eigenvalue weighted by Crippen LogP contribution is -2.75. The summed E-state index contributed by atoms with van der Waals surface area (Å²) >= 11 is 0. The molecule has 37 heavy (non-hydrogen) atoms. The van der Waals surface area contributed by atoms with Crippen LogP contribution in [0.4, 0.5) is 79.1 Å². The van der Waals surface area contributed by atoms with E-state index in [0.717, 1.165) is 0 Å². The summed E-state index contributed by atoms with van der Waals surface area (Å²) < 4.78 is 260. The van der Waals surface area contributed by atoms with Crippen LogP contribution in [0.2, 0.25) is 0 Å². The van der Waals surface area contributed by atoms with Crippen molar-refractivity contribution in [1.82, 2.24) is 4.53 Å². The molecule has 0 aromatic rings. The normalized spacial score (nSPS) is 15.6. The molecule has 5 nitrogen and oxygen atoms in total. The number of carbonyl (C=O) groups is 1. The monoisotopic (exact) mass is 615 g/mol. The van der Waals surface area contributed by atoms with Gasteiger partial charge in [-0.15, -0.1) is 4.48 Å². The Morgan fingerprint density at radius 3 is 1.32 bits per heavy atom. The van der Waals surface area contributed by atoms with Crippen LogP contribution >= 0.6 is 0 Å². The molecule has 0 aromatic heterocycles. The van der Waals surface area contributed by atoms with E-state index in [1.807, 2.05) is 0 Å². The number of carbonyl (C=O) groups excluding carboxylic acids is 1. The molecule has 0 aliphatic rings. The van der Waals surface area contributed by atoms with Crippen LogP contribution in [0.25, 0.3) is 0 Å². The maximum Gasteiger partial charge on any atom is 0.460 e. The zero-order chi connectivity index (χ0) is 30.5. The Morgan fingerprint density at radius 1 is 0.676 bits per heavy atom. The van der Waals surface area contributed by atoms with Crippen molar-refractivity contribution in [3.8, 4) is 0 Å². The summed E-state index contributed by atoms with van der Waals surface area (Å²) in [5, 5.41) is -8.04. The molecular formula is C13H7F18NO4S. The Labute approximate surface area is 191 Å². The molecule has 0 unspecified atom stereocenters. The van der Waals surface area contributed by atoms with Crippen molar-refractivity contribution in [2.24, 2.45) is 0 Å². The smallest absolute Gasteiger partial charge is 0.460 e. The summed E-state index contributed by atoms with van der Waals surface area (Å²) in [6.45, 7) is -1.34. The van der Waals surface area contributed by atoms with Crippen molar-refractivity contribution >= 4 is 16.0 Å². The molecule has 0 radical (unpaired) electrons. The first kappa shape index (κ1) is 34.9. The standard InChI is InChI=1S/C13H7F18NO4S/c1-2-5(33)36-4-3-32(31)37(34,35)13(29,30)11(24,25)9(20,21)7(16,17)6(14,15)8(18,19)10(22,23)12(26,27)28/h2H,1,3-4H2. The summed E-state index contributed by atoms with van der Waals surface area (Å²) in [5.74, 6) is -54.3. The second-order valence-corrected chi connectivity index (χ2v) is 8.21. The Morgan fingerprint density at radius 2 is 1.00 bits per heavy atom. The number of esters is 1. The number of nitrogens with zero attached hydrogens (tertiary/aromatic N) is 1. The number of hydrogen-bond donors (Lipinski definition) is 0. The molecular weight excluding hydrogens is 608 g/mol. The first-order valence-electron chi connectivity index (χ1n) is 8.06.